The average molecular weight is 292 g/mol. The number of aryl methyl sites for hydroxylation is 1. The molecule has 20 heavy (non-hydrogen) atoms. The number of carbonyl (C=O) groups excluding carboxylic acids is 1. The van der Waals surface area contributed by atoms with Gasteiger partial charge >= 0.3 is 0 Å². The lowest BCUT2D eigenvalue weighted by Gasteiger charge is -2.27. The molecule has 1 amide bonds. The summed E-state index contributed by atoms with van der Waals surface area (Å²) in [6.45, 7) is 4.16. The predicted octanol–water partition coefficient (Wildman–Crippen LogP) is 2.12. The highest BCUT2D eigenvalue weighted by atomic mass is 35.5. The summed E-state index contributed by atoms with van der Waals surface area (Å²) in [5.74, 6) is 0.238. The number of benzene rings is 1. The molecule has 0 radical (unpaired) electrons. The highest BCUT2D eigenvalue weighted by Gasteiger charge is 2.15. The molecule has 4 nitrogen and oxygen atoms in total. The Labute approximate surface area is 123 Å². The molecule has 1 aliphatic heterocycles. The van der Waals surface area contributed by atoms with Crippen molar-refractivity contribution in [3.63, 3.8) is 0 Å². The highest BCUT2D eigenvalue weighted by Crippen LogP contribution is 2.20. The van der Waals surface area contributed by atoms with Crippen molar-refractivity contribution >= 4 is 28.4 Å². The molecule has 0 aliphatic carbocycles. The van der Waals surface area contributed by atoms with Gasteiger partial charge in [0, 0.05) is 61.3 Å². The predicted molar refractivity (Wildman–Crippen MR) is 81.0 cm³/mol. The molecule has 3 rings (SSSR count). The number of amides is 1. The molecular formula is C15H18ClN3O. The topological polar surface area (TPSA) is 37.3 Å². The summed E-state index contributed by atoms with van der Waals surface area (Å²) >= 11 is 5.98. The van der Waals surface area contributed by atoms with E-state index in [9.17, 15) is 4.79 Å². The van der Waals surface area contributed by atoms with Crippen LogP contribution in [-0.4, -0.2) is 41.6 Å². The lowest BCUT2D eigenvalue weighted by Crippen LogP contribution is -2.46. The number of nitrogens with one attached hydrogen (secondary N) is 1. The van der Waals surface area contributed by atoms with Crippen LogP contribution < -0.4 is 5.32 Å². The van der Waals surface area contributed by atoms with Crippen LogP contribution in [0.15, 0.2) is 30.5 Å². The van der Waals surface area contributed by atoms with Gasteiger partial charge in [0.25, 0.3) is 0 Å². The zero-order valence-electron chi connectivity index (χ0n) is 11.3. The largest absolute Gasteiger partial charge is 0.347 e. The molecule has 1 aromatic carbocycles. The second-order valence-corrected chi connectivity index (χ2v) is 5.53. The molecule has 0 unspecified atom stereocenters. The normalized spacial score (nSPS) is 15.8. The number of nitrogens with zero attached hydrogens (tertiary/aromatic N) is 2. The van der Waals surface area contributed by atoms with Crippen LogP contribution >= 0.6 is 11.6 Å². The number of halogens is 1. The smallest absolute Gasteiger partial charge is 0.224 e. The molecule has 1 fully saturated rings. The van der Waals surface area contributed by atoms with E-state index in [2.05, 4.69) is 9.88 Å². The van der Waals surface area contributed by atoms with E-state index in [-0.39, 0.29) is 5.91 Å². The third-order valence-electron chi connectivity index (χ3n) is 3.77. The molecule has 0 atom stereocenters. The van der Waals surface area contributed by atoms with E-state index in [4.69, 9.17) is 11.6 Å². The molecule has 2 aromatic rings. The molecule has 106 valence electrons. The van der Waals surface area contributed by atoms with Crippen molar-refractivity contribution in [2.75, 3.05) is 26.2 Å². The summed E-state index contributed by atoms with van der Waals surface area (Å²) in [5, 5.41) is 5.12. The van der Waals surface area contributed by atoms with Gasteiger partial charge in [-0.15, -0.1) is 0 Å². The van der Waals surface area contributed by atoms with Crippen LogP contribution in [-0.2, 0) is 11.3 Å². The fourth-order valence-corrected chi connectivity index (χ4v) is 2.83. The van der Waals surface area contributed by atoms with Gasteiger partial charge in [0.15, 0.2) is 0 Å². The van der Waals surface area contributed by atoms with Crippen LogP contribution in [0.1, 0.15) is 6.42 Å². The lowest BCUT2D eigenvalue weighted by atomic mass is 10.2. The maximum Gasteiger partial charge on any atom is 0.224 e. The summed E-state index contributed by atoms with van der Waals surface area (Å²) in [6.07, 6.45) is 2.57. The number of fused-ring (bicyclic) bond motifs is 1. The summed E-state index contributed by atoms with van der Waals surface area (Å²) < 4.78 is 2.12. The molecule has 1 aromatic heterocycles. The van der Waals surface area contributed by atoms with Crippen molar-refractivity contribution < 1.29 is 4.79 Å². The molecule has 0 bridgehead atoms. The van der Waals surface area contributed by atoms with Gasteiger partial charge in [-0.2, -0.15) is 0 Å². The van der Waals surface area contributed by atoms with Crippen LogP contribution in [0.3, 0.4) is 0 Å². The Morgan fingerprint density at radius 2 is 2.05 bits per heavy atom. The van der Waals surface area contributed by atoms with Gasteiger partial charge in [-0.05, 0) is 24.3 Å². The summed E-state index contributed by atoms with van der Waals surface area (Å²) in [4.78, 5) is 14.1. The maximum atomic E-state index is 12.1. The fourth-order valence-electron chi connectivity index (χ4n) is 2.65. The Balaban J connectivity index is 1.66. The number of piperazine rings is 1. The SMILES string of the molecule is O=C(CCn1ccc2cc(Cl)ccc21)N1CCNCC1. The molecule has 1 saturated heterocycles. The van der Waals surface area contributed by atoms with Gasteiger partial charge in [0.05, 0.1) is 0 Å². The number of hydrogen-bond acceptors (Lipinski definition) is 2. The Hall–Kier alpha value is -1.52. The Kier molecular flexibility index (Phi) is 3.94. The monoisotopic (exact) mass is 291 g/mol. The Bertz CT molecular complexity index is 617. The van der Waals surface area contributed by atoms with Gasteiger partial charge in [-0.3, -0.25) is 4.79 Å². The molecule has 2 heterocycles. The zero-order valence-corrected chi connectivity index (χ0v) is 12.1. The van der Waals surface area contributed by atoms with E-state index in [1.165, 1.54) is 0 Å². The molecule has 0 spiro atoms. The first-order valence-corrected chi connectivity index (χ1v) is 7.35. The minimum atomic E-state index is 0.238. The van der Waals surface area contributed by atoms with E-state index in [0.717, 1.165) is 42.1 Å². The van der Waals surface area contributed by atoms with E-state index < -0.39 is 0 Å². The number of aromatic nitrogens is 1. The van der Waals surface area contributed by atoms with Crippen LogP contribution in [0.2, 0.25) is 5.02 Å². The van der Waals surface area contributed by atoms with Gasteiger partial charge < -0.3 is 14.8 Å². The van der Waals surface area contributed by atoms with Crippen molar-refractivity contribution in [3.8, 4) is 0 Å². The third kappa shape index (κ3) is 2.81. The number of hydrogen-bond donors (Lipinski definition) is 1. The zero-order chi connectivity index (χ0) is 13.9. The van der Waals surface area contributed by atoms with Gasteiger partial charge in [0.2, 0.25) is 5.91 Å². The first-order valence-electron chi connectivity index (χ1n) is 6.97. The summed E-state index contributed by atoms with van der Waals surface area (Å²) in [5.41, 5.74) is 1.13. The molecule has 5 heteroatoms. The third-order valence-corrected chi connectivity index (χ3v) is 4.00. The van der Waals surface area contributed by atoms with Gasteiger partial charge in [0.1, 0.15) is 0 Å². The minimum Gasteiger partial charge on any atom is -0.347 e. The van der Waals surface area contributed by atoms with Gasteiger partial charge in [-0.1, -0.05) is 11.6 Å². The summed E-state index contributed by atoms with van der Waals surface area (Å²) in [6, 6.07) is 7.88. The quantitative estimate of drug-likeness (QED) is 0.940. The van der Waals surface area contributed by atoms with Crippen molar-refractivity contribution in [2.24, 2.45) is 0 Å². The number of carbonyl (C=O) groups is 1. The maximum absolute atomic E-state index is 12.1. The van der Waals surface area contributed by atoms with E-state index in [0.29, 0.717) is 13.0 Å². The van der Waals surface area contributed by atoms with Crippen LogP contribution in [0, 0.1) is 0 Å². The molecule has 1 N–H and O–H groups in total. The average Bonchev–Trinajstić information content (AvgIpc) is 2.88. The second kappa shape index (κ2) is 5.85. The van der Waals surface area contributed by atoms with Crippen LogP contribution in [0.4, 0.5) is 0 Å². The minimum absolute atomic E-state index is 0.238. The Morgan fingerprint density at radius 1 is 1.25 bits per heavy atom. The van der Waals surface area contributed by atoms with E-state index >= 15 is 0 Å². The van der Waals surface area contributed by atoms with E-state index in [1.807, 2.05) is 35.4 Å². The van der Waals surface area contributed by atoms with Crippen LogP contribution in [0.25, 0.3) is 10.9 Å². The lowest BCUT2D eigenvalue weighted by molar-refractivity contribution is -0.131. The van der Waals surface area contributed by atoms with Crippen LogP contribution in [0.5, 0.6) is 0 Å². The highest BCUT2D eigenvalue weighted by molar-refractivity contribution is 6.31. The van der Waals surface area contributed by atoms with E-state index in [1.54, 1.807) is 0 Å². The first kappa shape index (κ1) is 13.5. The Morgan fingerprint density at radius 3 is 2.85 bits per heavy atom. The van der Waals surface area contributed by atoms with Crippen molar-refractivity contribution in [1.82, 2.24) is 14.8 Å². The molecular weight excluding hydrogens is 274 g/mol. The molecule has 0 saturated carbocycles. The van der Waals surface area contributed by atoms with Crippen molar-refractivity contribution in [1.29, 1.82) is 0 Å². The standard InChI is InChI=1S/C15H18ClN3O/c16-13-1-2-14-12(11-13)3-7-18(14)8-4-15(20)19-9-5-17-6-10-19/h1-3,7,11,17H,4-6,8-10H2. The second-order valence-electron chi connectivity index (χ2n) is 5.09. The van der Waals surface area contributed by atoms with Crippen molar-refractivity contribution in [2.45, 2.75) is 13.0 Å². The van der Waals surface area contributed by atoms with Crippen molar-refractivity contribution in [3.05, 3.63) is 35.5 Å². The molecule has 1 aliphatic rings. The summed E-state index contributed by atoms with van der Waals surface area (Å²) in [7, 11) is 0. The fraction of sp³-hybridized carbons (Fsp3) is 0.400. The number of rotatable bonds is 3. The first-order chi connectivity index (χ1) is 9.74. The van der Waals surface area contributed by atoms with Gasteiger partial charge in [-0.25, -0.2) is 0 Å².